The number of benzene rings is 3. The fraction of sp³-hybridized carbons (Fsp3) is 0.242. The van der Waals surface area contributed by atoms with E-state index in [1.54, 1.807) is 53.4 Å². The first kappa shape index (κ1) is 33.1. The van der Waals surface area contributed by atoms with E-state index >= 15 is 8.78 Å². The van der Waals surface area contributed by atoms with Crippen molar-refractivity contribution in [3.8, 4) is 22.8 Å². The van der Waals surface area contributed by atoms with Gasteiger partial charge in [0.05, 0.1) is 31.0 Å². The first-order valence-corrected chi connectivity index (χ1v) is 14.3. The summed E-state index contributed by atoms with van der Waals surface area (Å²) in [5, 5.41) is -0.851. The molecule has 2 aromatic heterocycles. The monoisotopic (exact) mass is 655 g/mol. The Morgan fingerprint density at radius 1 is 0.872 bits per heavy atom. The Morgan fingerprint density at radius 3 is 1.91 bits per heavy atom. The molecule has 0 bridgehead atoms. The summed E-state index contributed by atoms with van der Waals surface area (Å²) in [5.74, 6) is -1.54. The van der Waals surface area contributed by atoms with Crippen LogP contribution in [0.3, 0.4) is 0 Å². The smallest absolute Gasteiger partial charge is 0.418 e. The highest BCUT2D eigenvalue weighted by Gasteiger charge is 2.39. The summed E-state index contributed by atoms with van der Waals surface area (Å²) >= 11 is 0. The SMILES string of the molecule is COc1ccc(CN(Cc2ccc(OC)cc2)c2cc(C)c(C(F)(F)F)c(-c3c(CCN)c(F)c4c(=O)[nH]c(=O)[nH]c4c3F)n2)cc1. The second kappa shape index (κ2) is 13.2. The molecule has 246 valence electrons. The van der Waals surface area contributed by atoms with E-state index in [-0.39, 0.29) is 31.0 Å². The number of fused-ring (bicyclic) bond motifs is 1. The van der Waals surface area contributed by atoms with Gasteiger partial charge in [0.15, 0.2) is 5.82 Å². The van der Waals surface area contributed by atoms with Crippen LogP contribution in [-0.2, 0) is 25.7 Å². The maximum atomic E-state index is 16.4. The van der Waals surface area contributed by atoms with E-state index in [0.29, 0.717) is 11.5 Å². The van der Waals surface area contributed by atoms with Crippen molar-refractivity contribution in [3.05, 3.63) is 115 Å². The predicted molar refractivity (Wildman–Crippen MR) is 167 cm³/mol. The topological polar surface area (TPSA) is 126 Å². The number of rotatable bonds is 10. The van der Waals surface area contributed by atoms with Crippen LogP contribution in [0.15, 0.2) is 64.2 Å². The minimum absolute atomic E-state index is 0.0233. The van der Waals surface area contributed by atoms with Crippen LogP contribution in [0.5, 0.6) is 11.5 Å². The van der Waals surface area contributed by atoms with Crippen LogP contribution < -0.4 is 31.4 Å². The molecule has 0 aliphatic carbocycles. The Kier molecular flexibility index (Phi) is 9.33. The number of anilines is 1. The number of aryl methyl sites for hydroxylation is 1. The van der Waals surface area contributed by atoms with E-state index in [4.69, 9.17) is 15.2 Å². The van der Waals surface area contributed by atoms with Crippen molar-refractivity contribution in [2.75, 3.05) is 25.7 Å². The Hall–Kier alpha value is -5.24. The third-order valence-electron chi connectivity index (χ3n) is 7.67. The maximum absolute atomic E-state index is 16.4. The standard InChI is InChI=1S/C33H30F5N5O4/c1-17-14-23(43(15-18-4-8-20(46-2)9-5-18)16-19-6-10-21(47-3)11-7-19)40-29(26(17)33(36,37)38)24-22(12-13-39)27(34)25-30(28(24)35)41-32(45)42-31(25)44/h4-11,14H,12-13,15-16,39H2,1-3H3,(H2,41,42,44,45). The number of methoxy groups -OCH3 is 2. The van der Waals surface area contributed by atoms with Gasteiger partial charge >= 0.3 is 11.9 Å². The Bertz CT molecular complexity index is 1990. The summed E-state index contributed by atoms with van der Waals surface area (Å²) in [4.78, 5) is 34.4. The van der Waals surface area contributed by atoms with Gasteiger partial charge in [0, 0.05) is 24.2 Å². The molecule has 0 spiro atoms. The lowest BCUT2D eigenvalue weighted by Crippen LogP contribution is -2.26. The van der Waals surface area contributed by atoms with Crippen molar-refractivity contribution < 1.29 is 31.4 Å². The lowest BCUT2D eigenvalue weighted by atomic mass is 9.92. The average molecular weight is 656 g/mol. The van der Waals surface area contributed by atoms with Gasteiger partial charge in [-0.25, -0.2) is 18.6 Å². The van der Waals surface area contributed by atoms with Crippen LogP contribution in [0.1, 0.15) is 27.8 Å². The van der Waals surface area contributed by atoms with Crippen molar-refractivity contribution >= 4 is 16.7 Å². The van der Waals surface area contributed by atoms with E-state index < -0.39 is 68.8 Å². The quantitative estimate of drug-likeness (QED) is 0.167. The molecule has 0 saturated heterocycles. The minimum Gasteiger partial charge on any atom is -0.497 e. The van der Waals surface area contributed by atoms with E-state index in [1.165, 1.54) is 27.2 Å². The third kappa shape index (κ3) is 6.68. The first-order chi connectivity index (χ1) is 22.4. The van der Waals surface area contributed by atoms with Gasteiger partial charge in [-0.1, -0.05) is 24.3 Å². The molecule has 0 atom stereocenters. The summed E-state index contributed by atoms with van der Waals surface area (Å²) in [6.07, 6.45) is -5.49. The normalized spacial score (nSPS) is 11.6. The number of nitrogens with one attached hydrogen (secondary N) is 2. The number of hydrogen-bond donors (Lipinski definition) is 3. The molecule has 0 unspecified atom stereocenters. The van der Waals surface area contributed by atoms with Crippen molar-refractivity contribution in [3.63, 3.8) is 0 Å². The van der Waals surface area contributed by atoms with E-state index in [9.17, 15) is 22.8 Å². The Balaban J connectivity index is 1.79. The second-order valence-corrected chi connectivity index (χ2v) is 10.7. The molecule has 3 aromatic carbocycles. The number of aromatic amines is 2. The van der Waals surface area contributed by atoms with Crippen molar-refractivity contribution in [2.45, 2.75) is 32.6 Å². The molecule has 0 saturated carbocycles. The van der Waals surface area contributed by atoms with Gasteiger partial charge in [0.2, 0.25) is 0 Å². The second-order valence-electron chi connectivity index (χ2n) is 10.7. The van der Waals surface area contributed by atoms with Gasteiger partial charge in [0.25, 0.3) is 5.56 Å². The molecule has 0 aliphatic rings. The largest absolute Gasteiger partial charge is 0.497 e. The zero-order valence-electron chi connectivity index (χ0n) is 25.5. The van der Waals surface area contributed by atoms with Crippen LogP contribution in [0, 0.1) is 18.6 Å². The number of pyridine rings is 1. The van der Waals surface area contributed by atoms with Crippen molar-refractivity contribution in [2.24, 2.45) is 5.73 Å². The zero-order chi connectivity index (χ0) is 34.0. The molecule has 0 amide bonds. The number of ether oxygens (including phenoxy) is 2. The van der Waals surface area contributed by atoms with Crippen LogP contribution in [-0.4, -0.2) is 35.7 Å². The highest BCUT2D eigenvalue weighted by molar-refractivity contribution is 5.88. The van der Waals surface area contributed by atoms with E-state index in [0.717, 1.165) is 11.1 Å². The van der Waals surface area contributed by atoms with Gasteiger partial charge in [0.1, 0.15) is 28.5 Å². The van der Waals surface area contributed by atoms with Gasteiger partial charge < -0.3 is 25.1 Å². The summed E-state index contributed by atoms with van der Waals surface area (Å²) in [6.45, 7) is 1.21. The van der Waals surface area contributed by atoms with Gasteiger partial charge in [-0.15, -0.1) is 0 Å². The molecule has 9 nitrogen and oxygen atoms in total. The molecule has 5 rings (SSSR count). The highest BCUT2D eigenvalue weighted by atomic mass is 19.4. The molecule has 0 radical (unpaired) electrons. The molecule has 47 heavy (non-hydrogen) atoms. The number of hydrogen-bond acceptors (Lipinski definition) is 7. The van der Waals surface area contributed by atoms with Crippen LogP contribution >= 0.6 is 0 Å². The number of halogens is 5. The number of H-pyrrole nitrogens is 2. The summed E-state index contributed by atoms with van der Waals surface area (Å²) < 4.78 is 87.0. The maximum Gasteiger partial charge on any atom is 0.418 e. The number of alkyl halides is 3. The molecule has 0 aliphatic heterocycles. The Morgan fingerprint density at radius 2 is 1.43 bits per heavy atom. The van der Waals surface area contributed by atoms with Crippen LogP contribution in [0.4, 0.5) is 27.8 Å². The average Bonchev–Trinajstić information content (AvgIpc) is 3.02. The van der Waals surface area contributed by atoms with Crippen LogP contribution in [0.25, 0.3) is 22.2 Å². The van der Waals surface area contributed by atoms with E-state index in [1.807, 2.05) is 9.97 Å². The van der Waals surface area contributed by atoms with E-state index in [2.05, 4.69) is 4.98 Å². The molecule has 0 fully saturated rings. The Labute approximate surface area is 264 Å². The molecule has 4 N–H and O–H groups in total. The lowest BCUT2D eigenvalue weighted by molar-refractivity contribution is -0.137. The van der Waals surface area contributed by atoms with Gasteiger partial charge in [-0.2, -0.15) is 13.2 Å². The summed E-state index contributed by atoms with van der Waals surface area (Å²) in [6, 6.07) is 15.3. The van der Waals surface area contributed by atoms with Crippen LogP contribution in [0.2, 0.25) is 0 Å². The third-order valence-corrected chi connectivity index (χ3v) is 7.67. The van der Waals surface area contributed by atoms with Crippen molar-refractivity contribution in [1.82, 2.24) is 15.0 Å². The first-order valence-electron chi connectivity index (χ1n) is 14.3. The summed E-state index contributed by atoms with van der Waals surface area (Å²) in [7, 11) is 3.03. The minimum atomic E-state index is -5.05. The number of nitrogens with zero attached hydrogens (tertiary/aromatic N) is 2. The molecule has 2 heterocycles. The predicted octanol–water partition coefficient (Wildman–Crippen LogP) is 5.61. The fourth-order valence-corrected chi connectivity index (χ4v) is 5.48. The molecular formula is C33H30F5N5O4. The van der Waals surface area contributed by atoms with Crippen molar-refractivity contribution in [1.29, 1.82) is 0 Å². The molecular weight excluding hydrogens is 625 g/mol. The molecule has 5 aromatic rings. The number of aromatic nitrogens is 3. The lowest BCUT2D eigenvalue weighted by Gasteiger charge is -2.27. The van der Waals surface area contributed by atoms with Gasteiger partial charge in [-0.3, -0.25) is 9.78 Å². The number of nitrogens with two attached hydrogens (primary N) is 1. The van der Waals surface area contributed by atoms with Gasteiger partial charge in [-0.05, 0) is 66.9 Å². The highest BCUT2D eigenvalue weighted by Crippen LogP contribution is 2.43. The summed E-state index contributed by atoms with van der Waals surface area (Å²) in [5.41, 5.74) is -0.0927. The molecule has 14 heteroatoms. The fourth-order valence-electron chi connectivity index (χ4n) is 5.48. The zero-order valence-corrected chi connectivity index (χ0v) is 25.5.